The van der Waals surface area contributed by atoms with Crippen molar-refractivity contribution in [3.05, 3.63) is 11.8 Å². The van der Waals surface area contributed by atoms with Crippen LogP contribution in [0.4, 0.5) is 0 Å². The third-order valence-electron chi connectivity index (χ3n) is 1.33. The number of carbonyl (C=O) groups is 1. The molecule has 0 aliphatic carbocycles. The Kier molecular flexibility index (Phi) is 5.25. The fraction of sp³-hybridized carbons (Fsp3) is 0.625. The monoisotopic (exact) mass is 157 g/mol. The highest BCUT2D eigenvalue weighted by Crippen LogP contribution is 1.97. The Morgan fingerprint density at radius 1 is 1.55 bits per heavy atom. The molecule has 0 spiro atoms. The molecular formula is C8H15NO2. The average Bonchev–Trinajstić information content (AvgIpc) is 1.97. The molecule has 0 saturated heterocycles. The van der Waals surface area contributed by atoms with Crippen LogP contribution < -0.4 is 5.32 Å². The molecule has 0 saturated carbocycles. The first-order valence-corrected chi connectivity index (χ1v) is 3.88. The van der Waals surface area contributed by atoms with Crippen molar-refractivity contribution in [3.8, 4) is 0 Å². The largest absolute Gasteiger partial charge is 0.478 e. The summed E-state index contributed by atoms with van der Waals surface area (Å²) in [5.41, 5.74) is 0.429. The fourth-order valence-electron chi connectivity index (χ4n) is 0.655. The van der Waals surface area contributed by atoms with Gasteiger partial charge in [0.1, 0.15) is 0 Å². The lowest BCUT2D eigenvalue weighted by atomic mass is 10.2. The topological polar surface area (TPSA) is 49.3 Å². The molecule has 0 aromatic heterocycles. The molecule has 3 heteroatoms. The molecule has 0 fully saturated rings. The number of aliphatic carboxylic acids is 1. The van der Waals surface area contributed by atoms with Crippen molar-refractivity contribution in [2.75, 3.05) is 6.54 Å². The smallest absolute Gasteiger partial charge is 0.333 e. The molecule has 0 amide bonds. The quantitative estimate of drug-likeness (QED) is 0.468. The molecule has 0 unspecified atom stereocenters. The maximum absolute atomic E-state index is 10.4. The van der Waals surface area contributed by atoms with Gasteiger partial charge in [0.05, 0.1) is 5.57 Å². The van der Waals surface area contributed by atoms with Crippen LogP contribution in [0.25, 0.3) is 0 Å². The van der Waals surface area contributed by atoms with E-state index in [9.17, 15) is 4.79 Å². The minimum atomic E-state index is -0.837. The maximum atomic E-state index is 10.4. The van der Waals surface area contributed by atoms with Crippen LogP contribution in [0.1, 0.15) is 26.7 Å². The summed E-state index contributed by atoms with van der Waals surface area (Å²) in [5, 5.41) is 11.5. The van der Waals surface area contributed by atoms with Gasteiger partial charge in [0.15, 0.2) is 0 Å². The molecule has 2 N–H and O–H groups in total. The fourth-order valence-corrected chi connectivity index (χ4v) is 0.655. The van der Waals surface area contributed by atoms with Crippen LogP contribution in [0.5, 0.6) is 0 Å². The molecule has 0 rings (SSSR count). The first kappa shape index (κ1) is 10.0. The molecule has 0 atom stereocenters. The Labute approximate surface area is 67.1 Å². The van der Waals surface area contributed by atoms with E-state index in [-0.39, 0.29) is 0 Å². The second kappa shape index (κ2) is 5.77. The second-order valence-corrected chi connectivity index (χ2v) is 2.28. The van der Waals surface area contributed by atoms with Crippen molar-refractivity contribution in [2.45, 2.75) is 26.7 Å². The molecule has 0 aliphatic heterocycles. The SMILES string of the molecule is CCCN/C=C(/CC)C(=O)O. The molecule has 11 heavy (non-hydrogen) atoms. The molecule has 64 valence electrons. The van der Waals surface area contributed by atoms with Gasteiger partial charge in [-0.15, -0.1) is 0 Å². The highest BCUT2D eigenvalue weighted by Gasteiger charge is 2.01. The Bertz CT molecular complexity index is 152. The second-order valence-electron chi connectivity index (χ2n) is 2.28. The van der Waals surface area contributed by atoms with E-state index in [2.05, 4.69) is 5.32 Å². The van der Waals surface area contributed by atoms with Crippen molar-refractivity contribution in [1.29, 1.82) is 0 Å². The first-order chi connectivity index (χ1) is 5.22. The van der Waals surface area contributed by atoms with Gasteiger partial charge in [0.2, 0.25) is 0 Å². The minimum Gasteiger partial charge on any atom is -0.478 e. The van der Waals surface area contributed by atoms with E-state index in [0.717, 1.165) is 13.0 Å². The van der Waals surface area contributed by atoms with E-state index in [4.69, 9.17) is 5.11 Å². The summed E-state index contributed by atoms with van der Waals surface area (Å²) in [7, 11) is 0. The summed E-state index contributed by atoms with van der Waals surface area (Å²) in [6.45, 7) is 4.69. The summed E-state index contributed by atoms with van der Waals surface area (Å²) in [6, 6.07) is 0. The standard InChI is InChI=1S/C8H15NO2/c1-3-5-9-6-7(4-2)8(10)11/h6,9H,3-5H2,1-2H3,(H,10,11)/b7-6-. The number of carboxylic acids is 1. The lowest BCUT2D eigenvalue weighted by Crippen LogP contribution is -2.10. The molecule has 0 radical (unpaired) electrons. The summed E-state index contributed by atoms with van der Waals surface area (Å²) in [5.74, 6) is -0.837. The zero-order chi connectivity index (χ0) is 8.69. The van der Waals surface area contributed by atoms with E-state index >= 15 is 0 Å². The molecule has 0 aromatic rings. The lowest BCUT2D eigenvalue weighted by Gasteiger charge is -1.99. The zero-order valence-corrected chi connectivity index (χ0v) is 7.05. The van der Waals surface area contributed by atoms with Crippen LogP contribution in [-0.2, 0) is 4.79 Å². The predicted octanol–water partition coefficient (Wildman–Crippen LogP) is 1.36. The summed E-state index contributed by atoms with van der Waals surface area (Å²) in [6.07, 6.45) is 3.14. The molecule has 0 bridgehead atoms. The summed E-state index contributed by atoms with van der Waals surface area (Å²) < 4.78 is 0. The van der Waals surface area contributed by atoms with Gasteiger partial charge in [-0.05, 0) is 12.8 Å². The van der Waals surface area contributed by atoms with Crippen LogP contribution in [0, 0.1) is 0 Å². The highest BCUT2D eigenvalue weighted by atomic mass is 16.4. The van der Waals surface area contributed by atoms with E-state index in [1.165, 1.54) is 0 Å². The van der Waals surface area contributed by atoms with Crippen molar-refractivity contribution in [3.63, 3.8) is 0 Å². The van der Waals surface area contributed by atoms with Gasteiger partial charge in [0, 0.05) is 12.7 Å². The Morgan fingerprint density at radius 3 is 2.55 bits per heavy atom. The normalized spacial score (nSPS) is 11.3. The number of rotatable bonds is 5. The van der Waals surface area contributed by atoms with Gasteiger partial charge in [-0.2, -0.15) is 0 Å². The number of carboxylic acid groups (broad SMARTS) is 1. The third kappa shape index (κ3) is 4.42. The van der Waals surface area contributed by atoms with Crippen molar-refractivity contribution in [1.82, 2.24) is 5.32 Å². The average molecular weight is 157 g/mol. The Morgan fingerprint density at radius 2 is 2.18 bits per heavy atom. The highest BCUT2D eigenvalue weighted by molar-refractivity contribution is 5.86. The van der Waals surface area contributed by atoms with E-state index < -0.39 is 5.97 Å². The molecule has 0 aromatic carbocycles. The molecule has 3 nitrogen and oxygen atoms in total. The van der Waals surface area contributed by atoms with E-state index in [1.807, 2.05) is 13.8 Å². The van der Waals surface area contributed by atoms with Crippen molar-refractivity contribution < 1.29 is 9.90 Å². The molecule has 0 heterocycles. The zero-order valence-electron chi connectivity index (χ0n) is 7.05. The lowest BCUT2D eigenvalue weighted by molar-refractivity contribution is -0.132. The predicted molar refractivity (Wildman–Crippen MR) is 44.3 cm³/mol. The van der Waals surface area contributed by atoms with Crippen molar-refractivity contribution >= 4 is 5.97 Å². The van der Waals surface area contributed by atoms with Gasteiger partial charge >= 0.3 is 5.97 Å². The number of hydrogen-bond acceptors (Lipinski definition) is 2. The summed E-state index contributed by atoms with van der Waals surface area (Å²) in [4.78, 5) is 10.4. The minimum absolute atomic E-state index is 0.429. The van der Waals surface area contributed by atoms with Crippen LogP contribution in [0.2, 0.25) is 0 Å². The third-order valence-corrected chi connectivity index (χ3v) is 1.33. The van der Waals surface area contributed by atoms with Crippen LogP contribution in [-0.4, -0.2) is 17.6 Å². The first-order valence-electron chi connectivity index (χ1n) is 3.88. The van der Waals surface area contributed by atoms with Crippen molar-refractivity contribution in [2.24, 2.45) is 0 Å². The Balaban J connectivity index is 3.81. The maximum Gasteiger partial charge on any atom is 0.333 e. The van der Waals surface area contributed by atoms with Gasteiger partial charge < -0.3 is 10.4 Å². The molecular weight excluding hydrogens is 142 g/mol. The number of nitrogens with one attached hydrogen (secondary N) is 1. The van der Waals surface area contributed by atoms with Crippen LogP contribution in [0.3, 0.4) is 0 Å². The van der Waals surface area contributed by atoms with E-state index in [0.29, 0.717) is 12.0 Å². The molecule has 0 aliphatic rings. The number of hydrogen-bond donors (Lipinski definition) is 2. The van der Waals surface area contributed by atoms with Crippen LogP contribution >= 0.6 is 0 Å². The van der Waals surface area contributed by atoms with Gasteiger partial charge in [-0.3, -0.25) is 0 Å². The van der Waals surface area contributed by atoms with Crippen LogP contribution in [0.15, 0.2) is 11.8 Å². The van der Waals surface area contributed by atoms with E-state index in [1.54, 1.807) is 6.20 Å². The van der Waals surface area contributed by atoms with Gasteiger partial charge in [-0.1, -0.05) is 13.8 Å². The van der Waals surface area contributed by atoms with Gasteiger partial charge in [0.25, 0.3) is 0 Å². The van der Waals surface area contributed by atoms with Gasteiger partial charge in [-0.25, -0.2) is 4.79 Å². The summed E-state index contributed by atoms with van der Waals surface area (Å²) >= 11 is 0. The Hall–Kier alpha value is -0.990.